The van der Waals surface area contributed by atoms with Crippen molar-refractivity contribution in [3.63, 3.8) is 0 Å². The summed E-state index contributed by atoms with van der Waals surface area (Å²) in [5.41, 5.74) is 1.70. The fraction of sp³-hybridized carbons (Fsp3) is 0.150. The second-order valence-corrected chi connectivity index (χ2v) is 6.16. The summed E-state index contributed by atoms with van der Waals surface area (Å²) in [6.45, 7) is 0. The summed E-state index contributed by atoms with van der Waals surface area (Å²) in [4.78, 5) is 20.3. The average molecular weight is 349 g/mol. The molecule has 130 valence electrons. The van der Waals surface area contributed by atoms with E-state index < -0.39 is 0 Å². The molecule has 4 rings (SSSR count). The number of nitrogens with one attached hydrogen (secondary N) is 1. The summed E-state index contributed by atoms with van der Waals surface area (Å²) >= 11 is 0. The first-order chi connectivity index (χ1) is 12.7. The van der Waals surface area contributed by atoms with E-state index in [0.717, 1.165) is 12.0 Å². The third kappa shape index (κ3) is 3.69. The summed E-state index contributed by atoms with van der Waals surface area (Å²) < 4.78 is 18.6. The molecule has 0 radical (unpaired) electrons. The van der Waals surface area contributed by atoms with E-state index >= 15 is 0 Å². The average Bonchev–Trinajstić information content (AvgIpc) is 3.46. The van der Waals surface area contributed by atoms with Crippen LogP contribution in [0, 0.1) is 11.7 Å². The van der Waals surface area contributed by atoms with Gasteiger partial charge in [-0.25, -0.2) is 9.37 Å². The number of hydrogen-bond donors (Lipinski definition) is 1. The van der Waals surface area contributed by atoms with Crippen LogP contribution in [0.1, 0.15) is 17.9 Å². The molecular formula is C20H16FN3O2. The Balaban J connectivity index is 1.34. The van der Waals surface area contributed by atoms with Crippen LogP contribution in [0.3, 0.4) is 0 Å². The molecule has 3 aromatic rings. The zero-order valence-corrected chi connectivity index (χ0v) is 13.8. The van der Waals surface area contributed by atoms with Gasteiger partial charge in [0, 0.05) is 24.0 Å². The molecule has 26 heavy (non-hydrogen) atoms. The molecule has 1 aliphatic rings. The third-order valence-corrected chi connectivity index (χ3v) is 4.31. The van der Waals surface area contributed by atoms with Crippen molar-refractivity contribution in [2.75, 3.05) is 5.32 Å². The Morgan fingerprint density at radius 2 is 1.85 bits per heavy atom. The number of nitrogens with zero attached hydrogens (tertiary/aromatic N) is 2. The highest BCUT2D eigenvalue weighted by atomic mass is 19.1. The van der Waals surface area contributed by atoms with Crippen molar-refractivity contribution in [1.29, 1.82) is 0 Å². The highest BCUT2D eigenvalue weighted by Crippen LogP contribution is 2.48. The first-order valence-electron chi connectivity index (χ1n) is 8.29. The van der Waals surface area contributed by atoms with Gasteiger partial charge in [0.2, 0.25) is 11.8 Å². The van der Waals surface area contributed by atoms with Gasteiger partial charge >= 0.3 is 0 Å². The maximum atomic E-state index is 13.0. The van der Waals surface area contributed by atoms with Gasteiger partial charge in [0.15, 0.2) is 0 Å². The summed E-state index contributed by atoms with van der Waals surface area (Å²) in [5, 5.41) is 2.91. The van der Waals surface area contributed by atoms with Gasteiger partial charge < -0.3 is 10.1 Å². The van der Waals surface area contributed by atoms with Gasteiger partial charge in [-0.05, 0) is 54.3 Å². The number of aromatic nitrogens is 2. The van der Waals surface area contributed by atoms with Crippen LogP contribution in [0.15, 0.2) is 67.1 Å². The molecule has 0 spiro atoms. The lowest BCUT2D eigenvalue weighted by atomic mass is 10.1. The predicted molar refractivity (Wildman–Crippen MR) is 94.4 cm³/mol. The highest BCUT2D eigenvalue weighted by Gasteiger charge is 2.43. The van der Waals surface area contributed by atoms with Crippen LogP contribution < -0.4 is 10.1 Å². The van der Waals surface area contributed by atoms with Crippen LogP contribution in [-0.2, 0) is 4.79 Å². The minimum Gasteiger partial charge on any atom is -0.438 e. The Morgan fingerprint density at radius 1 is 1.08 bits per heavy atom. The first-order valence-corrected chi connectivity index (χ1v) is 8.29. The fourth-order valence-corrected chi connectivity index (χ4v) is 2.86. The first kappa shape index (κ1) is 16.2. The van der Waals surface area contributed by atoms with E-state index in [2.05, 4.69) is 15.3 Å². The SMILES string of the molecule is O=C(Nc1ccc(Oc2cnccn2)cc1)[C@H]1C[C@H]1c1ccc(F)cc1. The van der Waals surface area contributed by atoms with E-state index in [1.54, 1.807) is 48.8 Å². The Kier molecular flexibility index (Phi) is 4.31. The summed E-state index contributed by atoms with van der Waals surface area (Å²) in [6, 6.07) is 13.4. The number of ether oxygens (including phenoxy) is 1. The molecule has 5 nitrogen and oxygen atoms in total. The van der Waals surface area contributed by atoms with Gasteiger partial charge in [0.25, 0.3) is 0 Å². The zero-order chi connectivity index (χ0) is 17.9. The largest absolute Gasteiger partial charge is 0.438 e. The van der Waals surface area contributed by atoms with Crippen molar-refractivity contribution in [2.24, 2.45) is 5.92 Å². The Hall–Kier alpha value is -3.28. The number of carbonyl (C=O) groups excluding carboxylic acids is 1. The molecule has 0 aliphatic heterocycles. The second kappa shape index (κ2) is 6.92. The molecule has 1 aromatic heterocycles. The predicted octanol–water partition coefficient (Wildman–Crippen LogP) is 4.15. The van der Waals surface area contributed by atoms with E-state index in [-0.39, 0.29) is 23.6 Å². The Bertz CT molecular complexity index is 899. The summed E-state index contributed by atoms with van der Waals surface area (Å²) in [7, 11) is 0. The highest BCUT2D eigenvalue weighted by molar-refractivity contribution is 5.95. The van der Waals surface area contributed by atoms with Crippen molar-refractivity contribution in [3.8, 4) is 11.6 Å². The fourth-order valence-electron chi connectivity index (χ4n) is 2.86. The topological polar surface area (TPSA) is 64.1 Å². The van der Waals surface area contributed by atoms with Crippen LogP contribution in [0.4, 0.5) is 10.1 Å². The number of carbonyl (C=O) groups is 1. The summed E-state index contributed by atoms with van der Waals surface area (Å²) in [6.07, 6.45) is 5.43. The lowest BCUT2D eigenvalue weighted by Crippen LogP contribution is -2.14. The van der Waals surface area contributed by atoms with Crippen molar-refractivity contribution in [3.05, 3.63) is 78.5 Å². The molecule has 2 atom stereocenters. The molecule has 0 bridgehead atoms. The smallest absolute Gasteiger partial charge is 0.237 e. The van der Waals surface area contributed by atoms with Gasteiger partial charge in [-0.15, -0.1) is 0 Å². The number of rotatable bonds is 5. The van der Waals surface area contributed by atoms with Gasteiger partial charge in [0.1, 0.15) is 11.6 Å². The van der Waals surface area contributed by atoms with Crippen molar-refractivity contribution in [2.45, 2.75) is 12.3 Å². The maximum Gasteiger partial charge on any atom is 0.237 e. The van der Waals surface area contributed by atoms with Crippen LogP contribution in [0.5, 0.6) is 11.6 Å². The molecule has 0 saturated heterocycles. The molecule has 1 fully saturated rings. The molecule has 1 saturated carbocycles. The molecule has 1 heterocycles. The monoisotopic (exact) mass is 349 g/mol. The summed E-state index contributed by atoms with van der Waals surface area (Å²) in [5.74, 6) is 0.815. The Labute approximate surface area is 149 Å². The number of benzene rings is 2. The minimum absolute atomic E-state index is 0.0260. The van der Waals surface area contributed by atoms with E-state index in [1.807, 2.05) is 0 Å². The molecule has 1 N–H and O–H groups in total. The quantitative estimate of drug-likeness (QED) is 0.751. The molecule has 2 aromatic carbocycles. The molecule has 1 aliphatic carbocycles. The third-order valence-electron chi connectivity index (χ3n) is 4.31. The number of hydrogen-bond acceptors (Lipinski definition) is 4. The molecule has 1 amide bonds. The van der Waals surface area contributed by atoms with Crippen LogP contribution in [-0.4, -0.2) is 15.9 Å². The number of anilines is 1. The molecule has 6 heteroatoms. The number of amides is 1. The van der Waals surface area contributed by atoms with Gasteiger partial charge in [-0.2, -0.15) is 0 Å². The minimum atomic E-state index is -0.265. The van der Waals surface area contributed by atoms with Gasteiger partial charge in [-0.3, -0.25) is 9.78 Å². The number of halogens is 1. The van der Waals surface area contributed by atoms with Crippen LogP contribution >= 0.6 is 0 Å². The standard InChI is InChI=1S/C20H16FN3O2/c21-14-3-1-13(2-4-14)17-11-18(17)20(25)24-15-5-7-16(8-6-15)26-19-12-22-9-10-23-19/h1-10,12,17-18H,11H2,(H,24,25)/t17-,18-/m0/s1. The van der Waals surface area contributed by atoms with E-state index in [9.17, 15) is 9.18 Å². The van der Waals surface area contributed by atoms with Crippen LogP contribution in [0.2, 0.25) is 0 Å². The zero-order valence-electron chi connectivity index (χ0n) is 13.8. The van der Waals surface area contributed by atoms with Gasteiger partial charge in [-0.1, -0.05) is 12.1 Å². The van der Waals surface area contributed by atoms with Crippen LogP contribution in [0.25, 0.3) is 0 Å². The van der Waals surface area contributed by atoms with Crippen molar-refractivity contribution in [1.82, 2.24) is 9.97 Å². The lowest BCUT2D eigenvalue weighted by molar-refractivity contribution is -0.117. The molecular weight excluding hydrogens is 333 g/mol. The maximum absolute atomic E-state index is 13.0. The lowest BCUT2D eigenvalue weighted by Gasteiger charge is -2.07. The van der Waals surface area contributed by atoms with E-state index in [0.29, 0.717) is 17.3 Å². The normalized spacial score (nSPS) is 18.2. The van der Waals surface area contributed by atoms with E-state index in [4.69, 9.17) is 4.74 Å². The Morgan fingerprint density at radius 3 is 2.54 bits per heavy atom. The molecule has 0 unspecified atom stereocenters. The second-order valence-electron chi connectivity index (χ2n) is 6.16. The van der Waals surface area contributed by atoms with Crippen molar-refractivity contribution < 1.29 is 13.9 Å². The van der Waals surface area contributed by atoms with Gasteiger partial charge in [0.05, 0.1) is 6.20 Å². The van der Waals surface area contributed by atoms with E-state index in [1.165, 1.54) is 18.3 Å². The van der Waals surface area contributed by atoms with Crippen molar-refractivity contribution >= 4 is 11.6 Å².